The molecule has 0 aliphatic rings. The van der Waals surface area contributed by atoms with Crippen LogP contribution in [0, 0.1) is 5.82 Å². The van der Waals surface area contributed by atoms with Crippen molar-refractivity contribution in [3.05, 3.63) is 105 Å². The summed E-state index contributed by atoms with van der Waals surface area (Å²) in [5.41, 5.74) is 2.24. The van der Waals surface area contributed by atoms with Crippen molar-refractivity contribution in [2.75, 3.05) is 20.3 Å². The maximum Gasteiger partial charge on any atom is 0.266 e. The normalized spacial score (nSPS) is 12.0. The number of ether oxygens (including phenoxy) is 1. The highest BCUT2D eigenvalue weighted by Crippen LogP contribution is 2.26. The first-order valence-corrected chi connectivity index (χ1v) is 13.1. The van der Waals surface area contributed by atoms with Gasteiger partial charge in [-0.05, 0) is 67.8 Å². The predicted octanol–water partition coefficient (Wildman–Crippen LogP) is 6.37. The van der Waals surface area contributed by atoms with Crippen LogP contribution in [0.3, 0.4) is 0 Å². The minimum Gasteiger partial charge on any atom is -0.383 e. The molecule has 1 amide bonds. The average molecular weight is 536 g/mol. The molecule has 0 aliphatic carbocycles. The van der Waals surface area contributed by atoms with Crippen LogP contribution in [0.25, 0.3) is 16.6 Å². The van der Waals surface area contributed by atoms with Crippen molar-refractivity contribution in [1.82, 2.24) is 14.5 Å². The quantitative estimate of drug-likeness (QED) is 0.237. The number of carbonyl (C=O) groups is 1. The molecule has 38 heavy (non-hydrogen) atoms. The molecule has 0 N–H and O–H groups in total. The fourth-order valence-corrected chi connectivity index (χ4v) is 4.64. The number of aromatic nitrogens is 2. The van der Waals surface area contributed by atoms with E-state index >= 15 is 0 Å². The highest BCUT2D eigenvalue weighted by molar-refractivity contribution is 6.30. The monoisotopic (exact) mass is 535 g/mol. The molecule has 0 spiro atoms. The van der Waals surface area contributed by atoms with Crippen molar-refractivity contribution in [3.63, 3.8) is 0 Å². The van der Waals surface area contributed by atoms with Crippen LogP contribution < -0.4 is 5.56 Å². The van der Waals surface area contributed by atoms with Crippen LogP contribution >= 0.6 is 11.6 Å². The van der Waals surface area contributed by atoms with Gasteiger partial charge in [-0.1, -0.05) is 49.2 Å². The van der Waals surface area contributed by atoms with Crippen molar-refractivity contribution in [3.8, 4) is 5.69 Å². The summed E-state index contributed by atoms with van der Waals surface area (Å²) in [6.07, 6.45) is 3.15. The van der Waals surface area contributed by atoms with E-state index in [-0.39, 0.29) is 23.0 Å². The number of aryl methyl sites for hydroxylation is 1. The van der Waals surface area contributed by atoms with E-state index in [0.29, 0.717) is 34.6 Å². The average Bonchev–Trinajstić information content (AvgIpc) is 2.93. The van der Waals surface area contributed by atoms with Crippen molar-refractivity contribution in [1.29, 1.82) is 0 Å². The smallest absolute Gasteiger partial charge is 0.266 e. The van der Waals surface area contributed by atoms with Gasteiger partial charge in [0.2, 0.25) is 0 Å². The first-order valence-electron chi connectivity index (χ1n) is 12.7. The summed E-state index contributed by atoms with van der Waals surface area (Å²) < 4.78 is 20.7. The molecule has 6 nitrogen and oxygen atoms in total. The lowest BCUT2D eigenvalue weighted by Gasteiger charge is -2.30. The third-order valence-corrected chi connectivity index (χ3v) is 6.91. The Bertz CT molecular complexity index is 1490. The number of halogens is 2. The number of hydrogen-bond acceptors (Lipinski definition) is 4. The van der Waals surface area contributed by atoms with E-state index in [9.17, 15) is 14.0 Å². The second-order valence-corrected chi connectivity index (χ2v) is 9.60. The Labute approximate surface area is 226 Å². The molecule has 0 fully saturated rings. The highest BCUT2D eigenvalue weighted by atomic mass is 35.5. The van der Waals surface area contributed by atoms with Crippen LogP contribution in [-0.2, 0) is 11.2 Å². The van der Waals surface area contributed by atoms with Crippen molar-refractivity contribution < 1.29 is 13.9 Å². The summed E-state index contributed by atoms with van der Waals surface area (Å²) in [4.78, 5) is 33.9. The first-order chi connectivity index (χ1) is 18.3. The Morgan fingerprint density at radius 3 is 2.55 bits per heavy atom. The minimum absolute atomic E-state index is 0.114. The van der Waals surface area contributed by atoms with E-state index in [0.717, 1.165) is 19.3 Å². The molecule has 1 unspecified atom stereocenters. The zero-order valence-corrected chi connectivity index (χ0v) is 22.5. The van der Waals surface area contributed by atoms with Gasteiger partial charge in [0, 0.05) is 19.2 Å². The number of benzene rings is 3. The molecule has 3 aromatic carbocycles. The number of rotatable bonds is 10. The van der Waals surface area contributed by atoms with Crippen LogP contribution in [0.15, 0.2) is 71.5 Å². The van der Waals surface area contributed by atoms with Crippen LogP contribution in [0.2, 0.25) is 5.02 Å². The number of hydrogen-bond donors (Lipinski definition) is 0. The van der Waals surface area contributed by atoms with Gasteiger partial charge in [-0.3, -0.25) is 14.2 Å². The molecule has 0 saturated carbocycles. The summed E-state index contributed by atoms with van der Waals surface area (Å²) in [6, 6.07) is 18.1. The molecule has 1 atom stereocenters. The zero-order chi connectivity index (χ0) is 27.2. The van der Waals surface area contributed by atoms with E-state index in [2.05, 4.69) is 6.92 Å². The molecule has 0 aliphatic heterocycles. The fourth-order valence-electron chi connectivity index (χ4n) is 4.46. The summed E-state index contributed by atoms with van der Waals surface area (Å²) in [5.74, 6) is -0.464. The van der Waals surface area contributed by atoms with Gasteiger partial charge in [0.05, 0.1) is 34.3 Å². The number of amides is 1. The lowest BCUT2D eigenvalue weighted by atomic mass is 10.1. The van der Waals surface area contributed by atoms with E-state index in [1.165, 1.54) is 28.3 Å². The molecule has 8 heteroatoms. The number of carbonyl (C=O) groups excluding carboxylic acids is 1. The van der Waals surface area contributed by atoms with E-state index < -0.39 is 11.9 Å². The lowest BCUT2D eigenvalue weighted by Crippen LogP contribution is -2.39. The predicted molar refractivity (Wildman–Crippen MR) is 149 cm³/mol. The molecule has 0 radical (unpaired) electrons. The molecule has 0 saturated heterocycles. The Kier molecular flexibility index (Phi) is 8.92. The highest BCUT2D eigenvalue weighted by Gasteiger charge is 2.28. The van der Waals surface area contributed by atoms with Crippen molar-refractivity contribution >= 4 is 28.4 Å². The number of para-hydroxylation sites is 1. The fraction of sp³-hybridized carbons (Fsp3) is 0.300. The Balaban J connectivity index is 1.82. The second-order valence-electron chi connectivity index (χ2n) is 9.19. The molecule has 4 aromatic rings. The molecular formula is C30H31ClFN3O3. The number of nitrogens with zero attached hydrogens (tertiary/aromatic N) is 3. The summed E-state index contributed by atoms with van der Waals surface area (Å²) in [6.45, 7) is 4.54. The third-order valence-electron chi connectivity index (χ3n) is 6.62. The Hall–Kier alpha value is -3.55. The number of unbranched alkanes of at least 4 members (excludes halogenated alkanes) is 1. The van der Waals surface area contributed by atoms with Gasteiger partial charge in [-0.2, -0.15) is 0 Å². The van der Waals surface area contributed by atoms with Crippen molar-refractivity contribution in [2.45, 2.75) is 39.2 Å². The van der Waals surface area contributed by atoms with Gasteiger partial charge in [-0.25, -0.2) is 9.37 Å². The first kappa shape index (κ1) is 27.5. The van der Waals surface area contributed by atoms with Crippen LogP contribution in [-0.4, -0.2) is 40.6 Å². The zero-order valence-electron chi connectivity index (χ0n) is 21.8. The van der Waals surface area contributed by atoms with E-state index in [1.54, 1.807) is 36.3 Å². The third kappa shape index (κ3) is 5.79. The number of fused-ring (bicyclic) bond motifs is 1. The summed E-state index contributed by atoms with van der Waals surface area (Å²) >= 11 is 6.08. The van der Waals surface area contributed by atoms with Crippen molar-refractivity contribution in [2.24, 2.45) is 0 Å². The SMILES string of the molecule is CCCCc1ccc(C(=O)N(CCOC)C(C)c2nc3ccccc3c(=O)n2-c2ccc(F)c(Cl)c2)cc1. The Morgan fingerprint density at radius 2 is 1.87 bits per heavy atom. The molecule has 0 bridgehead atoms. The van der Waals surface area contributed by atoms with Gasteiger partial charge >= 0.3 is 0 Å². The number of methoxy groups -OCH3 is 1. The summed E-state index contributed by atoms with van der Waals surface area (Å²) in [7, 11) is 1.57. The van der Waals surface area contributed by atoms with Gasteiger partial charge in [0.25, 0.3) is 11.5 Å². The molecule has 1 aromatic heterocycles. The maximum absolute atomic E-state index is 14.0. The minimum atomic E-state index is -0.626. The lowest BCUT2D eigenvalue weighted by molar-refractivity contribution is 0.0605. The molecule has 198 valence electrons. The largest absolute Gasteiger partial charge is 0.383 e. The van der Waals surface area contributed by atoms with Crippen LogP contribution in [0.5, 0.6) is 0 Å². The van der Waals surface area contributed by atoms with Gasteiger partial charge in [0.15, 0.2) is 0 Å². The van der Waals surface area contributed by atoms with Crippen LogP contribution in [0.4, 0.5) is 4.39 Å². The molecule has 4 rings (SSSR count). The maximum atomic E-state index is 14.0. The standard InChI is InChI=1S/C30H31ClFN3O3/c1-4-5-8-21-11-13-22(14-12-21)29(36)34(17-18-38-3)20(2)28-33-27-10-7-6-9-24(27)30(37)35(28)23-15-16-26(32)25(31)19-23/h6-7,9-16,19-20H,4-5,8,17-18H2,1-3H3. The topological polar surface area (TPSA) is 64.4 Å². The van der Waals surface area contributed by atoms with E-state index in [4.69, 9.17) is 21.3 Å². The molecule has 1 heterocycles. The van der Waals surface area contributed by atoms with Gasteiger partial charge < -0.3 is 9.64 Å². The van der Waals surface area contributed by atoms with E-state index in [1.807, 2.05) is 31.2 Å². The Morgan fingerprint density at radius 1 is 1.13 bits per heavy atom. The second kappa shape index (κ2) is 12.3. The van der Waals surface area contributed by atoms with Gasteiger partial charge in [0.1, 0.15) is 11.6 Å². The van der Waals surface area contributed by atoms with Gasteiger partial charge in [-0.15, -0.1) is 0 Å². The molecular weight excluding hydrogens is 505 g/mol. The summed E-state index contributed by atoms with van der Waals surface area (Å²) in [5, 5.41) is 0.290. The van der Waals surface area contributed by atoms with Crippen LogP contribution in [0.1, 0.15) is 54.5 Å².